The van der Waals surface area contributed by atoms with E-state index in [0.29, 0.717) is 12.0 Å². The van der Waals surface area contributed by atoms with Crippen LogP contribution in [0.25, 0.3) is 0 Å². The Morgan fingerprint density at radius 1 is 1.04 bits per heavy atom. The molecule has 1 amide bonds. The van der Waals surface area contributed by atoms with Gasteiger partial charge in [0.1, 0.15) is 5.75 Å². The second-order valence-corrected chi connectivity index (χ2v) is 7.49. The van der Waals surface area contributed by atoms with Crippen LogP contribution >= 0.6 is 15.9 Å². The van der Waals surface area contributed by atoms with E-state index >= 15 is 0 Å². The van der Waals surface area contributed by atoms with Crippen molar-refractivity contribution < 1.29 is 9.53 Å². The summed E-state index contributed by atoms with van der Waals surface area (Å²) in [7, 11) is 1.64. The minimum atomic E-state index is -0.145. The second-order valence-electron chi connectivity index (χ2n) is 6.57. The monoisotopic (exact) mass is 434 g/mol. The van der Waals surface area contributed by atoms with Gasteiger partial charge in [0.2, 0.25) is 0 Å². The maximum Gasteiger partial charge on any atom is 0.274 e. The Balaban J connectivity index is 1.74. The van der Waals surface area contributed by atoms with Crippen LogP contribution in [0, 0.1) is 0 Å². The maximum absolute atomic E-state index is 13.3. The van der Waals surface area contributed by atoms with Crippen molar-refractivity contribution in [3.8, 4) is 5.75 Å². The van der Waals surface area contributed by atoms with Crippen molar-refractivity contribution in [2.45, 2.75) is 12.5 Å². The van der Waals surface area contributed by atoms with Gasteiger partial charge in [0, 0.05) is 22.0 Å². The SMILES string of the molecule is COc1cccc(C2=NN(C(=O)c3cccc(Br)c3)[C@H](c3ccccc3)C2)c1. The number of hydrogen-bond acceptors (Lipinski definition) is 3. The molecule has 0 spiro atoms. The smallest absolute Gasteiger partial charge is 0.274 e. The molecule has 1 aliphatic rings. The summed E-state index contributed by atoms with van der Waals surface area (Å²) in [5.41, 5.74) is 3.50. The van der Waals surface area contributed by atoms with Gasteiger partial charge in [-0.1, -0.05) is 64.5 Å². The van der Waals surface area contributed by atoms with Crippen LogP contribution in [-0.2, 0) is 0 Å². The number of rotatable bonds is 4. The van der Waals surface area contributed by atoms with Crippen molar-refractivity contribution in [3.05, 3.63) is 100 Å². The molecule has 1 aliphatic heterocycles. The molecule has 1 atom stereocenters. The fourth-order valence-corrected chi connectivity index (χ4v) is 3.76. The number of amides is 1. The van der Waals surface area contributed by atoms with Crippen molar-refractivity contribution in [2.24, 2.45) is 5.10 Å². The maximum atomic E-state index is 13.3. The molecule has 3 aromatic carbocycles. The molecule has 4 nitrogen and oxygen atoms in total. The molecular weight excluding hydrogens is 416 g/mol. The van der Waals surface area contributed by atoms with Crippen LogP contribution in [0.15, 0.2) is 88.4 Å². The first-order valence-electron chi connectivity index (χ1n) is 9.01. The van der Waals surface area contributed by atoms with Crippen molar-refractivity contribution in [3.63, 3.8) is 0 Å². The molecule has 0 aliphatic carbocycles. The number of hydrazone groups is 1. The Bertz CT molecular complexity index is 1030. The summed E-state index contributed by atoms with van der Waals surface area (Å²) in [6.45, 7) is 0. The van der Waals surface area contributed by atoms with E-state index in [0.717, 1.165) is 27.1 Å². The lowest BCUT2D eigenvalue weighted by Crippen LogP contribution is -2.27. The quantitative estimate of drug-likeness (QED) is 0.547. The zero-order valence-corrected chi connectivity index (χ0v) is 17.0. The fraction of sp³-hybridized carbons (Fsp3) is 0.130. The highest BCUT2D eigenvalue weighted by molar-refractivity contribution is 9.10. The van der Waals surface area contributed by atoms with Gasteiger partial charge >= 0.3 is 0 Å². The van der Waals surface area contributed by atoms with E-state index in [-0.39, 0.29) is 11.9 Å². The van der Waals surface area contributed by atoms with Crippen LogP contribution in [0.2, 0.25) is 0 Å². The van der Waals surface area contributed by atoms with Gasteiger partial charge in [0.15, 0.2) is 0 Å². The Morgan fingerprint density at radius 3 is 2.57 bits per heavy atom. The van der Waals surface area contributed by atoms with Gasteiger partial charge < -0.3 is 4.74 Å². The van der Waals surface area contributed by atoms with Crippen LogP contribution in [0.1, 0.15) is 33.9 Å². The minimum absolute atomic E-state index is 0.118. The van der Waals surface area contributed by atoms with E-state index in [1.165, 1.54) is 0 Å². The average Bonchev–Trinajstić information content (AvgIpc) is 3.19. The molecule has 5 heteroatoms. The van der Waals surface area contributed by atoms with E-state index in [2.05, 4.69) is 15.9 Å². The third-order valence-electron chi connectivity index (χ3n) is 4.78. The molecule has 0 aromatic heterocycles. The first-order valence-corrected chi connectivity index (χ1v) is 9.81. The van der Waals surface area contributed by atoms with Gasteiger partial charge in [-0.15, -0.1) is 0 Å². The number of methoxy groups -OCH3 is 1. The molecule has 140 valence electrons. The predicted octanol–water partition coefficient (Wildman–Crippen LogP) is 5.45. The highest BCUT2D eigenvalue weighted by Gasteiger charge is 2.33. The van der Waals surface area contributed by atoms with Crippen molar-refractivity contribution in [2.75, 3.05) is 7.11 Å². The lowest BCUT2D eigenvalue weighted by atomic mass is 9.98. The molecule has 0 fully saturated rings. The van der Waals surface area contributed by atoms with E-state index < -0.39 is 0 Å². The molecule has 0 bridgehead atoms. The molecule has 0 saturated heterocycles. The number of benzene rings is 3. The first-order chi connectivity index (χ1) is 13.7. The Morgan fingerprint density at radius 2 is 1.82 bits per heavy atom. The first kappa shape index (κ1) is 18.4. The van der Waals surface area contributed by atoms with Crippen LogP contribution in [0.4, 0.5) is 0 Å². The van der Waals surface area contributed by atoms with E-state index in [1.807, 2.05) is 78.9 Å². The normalized spacial score (nSPS) is 16.0. The van der Waals surface area contributed by atoms with Crippen LogP contribution in [-0.4, -0.2) is 23.7 Å². The summed E-state index contributed by atoms with van der Waals surface area (Å²) in [4.78, 5) is 13.3. The van der Waals surface area contributed by atoms with Crippen LogP contribution in [0.5, 0.6) is 5.75 Å². The van der Waals surface area contributed by atoms with Crippen molar-refractivity contribution in [1.29, 1.82) is 0 Å². The number of nitrogens with zero attached hydrogens (tertiary/aromatic N) is 2. The number of halogens is 1. The van der Waals surface area contributed by atoms with Crippen LogP contribution < -0.4 is 4.74 Å². The van der Waals surface area contributed by atoms with Gasteiger partial charge in [-0.05, 0) is 35.9 Å². The topological polar surface area (TPSA) is 41.9 Å². The summed E-state index contributed by atoms with van der Waals surface area (Å²) in [6, 6.07) is 25.1. The highest BCUT2D eigenvalue weighted by Crippen LogP contribution is 2.34. The molecule has 0 saturated carbocycles. The third kappa shape index (κ3) is 3.71. The summed E-state index contributed by atoms with van der Waals surface area (Å²) < 4.78 is 6.21. The summed E-state index contributed by atoms with van der Waals surface area (Å²) in [5.74, 6) is 0.654. The Kier molecular flexibility index (Phi) is 5.26. The van der Waals surface area contributed by atoms with Gasteiger partial charge in [0.25, 0.3) is 5.91 Å². The largest absolute Gasteiger partial charge is 0.497 e. The fourth-order valence-electron chi connectivity index (χ4n) is 3.36. The molecule has 1 heterocycles. The Hall–Kier alpha value is -2.92. The molecular formula is C23H19BrN2O2. The number of carbonyl (C=O) groups is 1. The summed E-state index contributed by atoms with van der Waals surface area (Å²) in [6.07, 6.45) is 0.650. The van der Waals surface area contributed by atoms with Gasteiger partial charge in [-0.2, -0.15) is 5.10 Å². The average molecular weight is 435 g/mol. The second kappa shape index (κ2) is 7.98. The van der Waals surface area contributed by atoms with Crippen molar-refractivity contribution >= 4 is 27.5 Å². The number of hydrogen-bond donors (Lipinski definition) is 0. The van der Waals surface area contributed by atoms with E-state index in [1.54, 1.807) is 12.1 Å². The number of ether oxygens (including phenoxy) is 1. The molecule has 3 aromatic rings. The third-order valence-corrected chi connectivity index (χ3v) is 5.27. The zero-order chi connectivity index (χ0) is 19.5. The standard InChI is InChI=1S/C23H19BrN2O2/c1-28-20-12-6-9-17(14-20)21-15-22(16-7-3-2-4-8-16)26(25-21)23(27)18-10-5-11-19(24)13-18/h2-14,22H,15H2,1H3/t22-/m0/s1. The molecule has 4 rings (SSSR count). The lowest BCUT2D eigenvalue weighted by molar-refractivity contribution is 0.0711. The van der Waals surface area contributed by atoms with E-state index in [4.69, 9.17) is 9.84 Å². The number of carbonyl (C=O) groups excluding carboxylic acids is 1. The van der Waals surface area contributed by atoms with Gasteiger partial charge in [0.05, 0.1) is 18.9 Å². The molecule has 0 radical (unpaired) electrons. The molecule has 0 unspecified atom stereocenters. The summed E-state index contributed by atoms with van der Waals surface area (Å²) in [5, 5.41) is 6.33. The lowest BCUT2D eigenvalue weighted by Gasteiger charge is -2.22. The Labute approximate surface area is 172 Å². The zero-order valence-electron chi connectivity index (χ0n) is 15.4. The van der Waals surface area contributed by atoms with Crippen molar-refractivity contribution in [1.82, 2.24) is 5.01 Å². The van der Waals surface area contributed by atoms with Gasteiger partial charge in [-0.25, -0.2) is 5.01 Å². The molecule has 0 N–H and O–H groups in total. The van der Waals surface area contributed by atoms with Crippen LogP contribution in [0.3, 0.4) is 0 Å². The minimum Gasteiger partial charge on any atom is -0.497 e. The highest BCUT2D eigenvalue weighted by atomic mass is 79.9. The van der Waals surface area contributed by atoms with Gasteiger partial charge in [-0.3, -0.25) is 4.79 Å². The summed E-state index contributed by atoms with van der Waals surface area (Å²) >= 11 is 3.44. The molecule has 28 heavy (non-hydrogen) atoms. The van der Waals surface area contributed by atoms with E-state index in [9.17, 15) is 4.79 Å². The predicted molar refractivity (Wildman–Crippen MR) is 114 cm³/mol.